The number of carbonyl (C=O) groups excluding carboxylic acids is 1. The number of thiophene rings is 1. The molecule has 16 heavy (non-hydrogen) atoms. The molecule has 1 rings (SSSR count). The molecule has 0 bridgehead atoms. The van der Waals surface area contributed by atoms with Crippen LogP contribution < -0.4 is 0 Å². The molecule has 0 saturated heterocycles. The fraction of sp³-hybridized carbons (Fsp3) is 0.583. The molecule has 90 valence electrons. The maximum absolute atomic E-state index is 11.9. The van der Waals surface area contributed by atoms with Crippen LogP contribution in [-0.2, 0) is 4.79 Å². The van der Waals surface area contributed by atoms with Gasteiger partial charge in [0, 0.05) is 28.6 Å². The van der Waals surface area contributed by atoms with Crippen molar-refractivity contribution < 1.29 is 4.79 Å². The second-order valence-electron chi connectivity index (χ2n) is 4.13. The summed E-state index contributed by atoms with van der Waals surface area (Å²) in [7, 11) is 1.84. The summed E-state index contributed by atoms with van der Waals surface area (Å²) in [6.07, 6.45) is 0. The van der Waals surface area contributed by atoms with Crippen molar-refractivity contribution in [3.63, 3.8) is 0 Å². The van der Waals surface area contributed by atoms with E-state index in [-0.39, 0.29) is 17.9 Å². The van der Waals surface area contributed by atoms with Crippen LogP contribution in [-0.4, -0.2) is 23.7 Å². The van der Waals surface area contributed by atoms with E-state index in [0.717, 1.165) is 0 Å². The lowest BCUT2D eigenvalue weighted by Gasteiger charge is -2.26. The van der Waals surface area contributed by atoms with E-state index in [1.54, 1.807) is 16.2 Å². The lowest BCUT2D eigenvalue weighted by atomic mass is 10.1. The maximum Gasteiger partial charge on any atom is 0.226 e. The molecule has 1 heterocycles. The molecule has 0 aromatic carbocycles. The molecule has 0 aliphatic heterocycles. The Hall–Kier alpha value is -0.540. The second kappa shape index (κ2) is 5.69. The molecule has 2 nitrogen and oxygen atoms in total. The number of amides is 1. The van der Waals surface area contributed by atoms with E-state index in [9.17, 15) is 4.79 Å². The van der Waals surface area contributed by atoms with E-state index >= 15 is 0 Å². The Bertz CT molecular complexity index is 364. The number of rotatable bonds is 4. The average molecular weight is 260 g/mol. The number of carbonyl (C=O) groups is 1. The van der Waals surface area contributed by atoms with Crippen molar-refractivity contribution in [3.8, 4) is 0 Å². The van der Waals surface area contributed by atoms with Crippen LogP contribution in [0.25, 0.3) is 0 Å². The summed E-state index contributed by atoms with van der Waals surface area (Å²) in [6, 6.07) is 4.29. The van der Waals surface area contributed by atoms with Crippen molar-refractivity contribution in [3.05, 3.63) is 21.9 Å². The first-order valence-electron chi connectivity index (χ1n) is 5.36. The number of alkyl halides is 1. The summed E-state index contributed by atoms with van der Waals surface area (Å²) in [6.45, 7) is 5.98. The summed E-state index contributed by atoms with van der Waals surface area (Å²) in [5.74, 6) is 0.364. The molecule has 0 aliphatic rings. The predicted octanol–water partition coefficient (Wildman–Crippen LogP) is 3.45. The molecule has 1 amide bonds. The molecule has 0 saturated carbocycles. The molecule has 0 radical (unpaired) electrons. The Morgan fingerprint density at radius 2 is 2.12 bits per heavy atom. The summed E-state index contributed by atoms with van der Waals surface area (Å²) in [4.78, 5) is 16.2. The molecule has 1 aromatic heterocycles. The third-order valence-electron chi connectivity index (χ3n) is 2.75. The van der Waals surface area contributed by atoms with Gasteiger partial charge >= 0.3 is 0 Å². The van der Waals surface area contributed by atoms with Crippen LogP contribution in [0, 0.1) is 12.8 Å². The van der Waals surface area contributed by atoms with E-state index < -0.39 is 0 Å². The molecular formula is C12H18ClNOS. The third kappa shape index (κ3) is 2.98. The first kappa shape index (κ1) is 13.5. The standard InChI is InChI=1S/C12H18ClNOS/c1-8(7-13)12(15)14(4)10(3)11-6-5-9(2)16-11/h5-6,8,10H,7H2,1-4H3. The fourth-order valence-electron chi connectivity index (χ4n) is 1.47. The van der Waals surface area contributed by atoms with Crippen LogP contribution in [0.15, 0.2) is 12.1 Å². The van der Waals surface area contributed by atoms with Gasteiger partial charge in [-0.25, -0.2) is 0 Å². The van der Waals surface area contributed by atoms with Crippen LogP contribution in [0.2, 0.25) is 0 Å². The van der Waals surface area contributed by atoms with Crippen molar-refractivity contribution in [2.24, 2.45) is 5.92 Å². The first-order chi connectivity index (χ1) is 7.47. The molecule has 1 aromatic rings. The van der Waals surface area contributed by atoms with Gasteiger partial charge in [-0.3, -0.25) is 4.79 Å². The Balaban J connectivity index is 2.74. The van der Waals surface area contributed by atoms with Gasteiger partial charge in [0.25, 0.3) is 0 Å². The lowest BCUT2D eigenvalue weighted by Crippen LogP contribution is -2.34. The highest BCUT2D eigenvalue weighted by Crippen LogP contribution is 2.27. The number of halogens is 1. The van der Waals surface area contributed by atoms with Crippen LogP contribution in [0.4, 0.5) is 0 Å². The largest absolute Gasteiger partial charge is 0.338 e. The highest BCUT2D eigenvalue weighted by atomic mass is 35.5. The summed E-state index contributed by atoms with van der Waals surface area (Å²) < 4.78 is 0. The first-order valence-corrected chi connectivity index (χ1v) is 6.71. The molecule has 0 N–H and O–H groups in total. The maximum atomic E-state index is 11.9. The van der Waals surface area contributed by atoms with E-state index in [1.807, 2.05) is 20.9 Å². The lowest BCUT2D eigenvalue weighted by molar-refractivity contribution is -0.134. The van der Waals surface area contributed by atoms with Crippen LogP contribution in [0.3, 0.4) is 0 Å². The van der Waals surface area contributed by atoms with Gasteiger partial charge in [-0.2, -0.15) is 0 Å². The van der Waals surface area contributed by atoms with Crippen LogP contribution in [0.5, 0.6) is 0 Å². The molecular weight excluding hydrogens is 242 g/mol. The van der Waals surface area contributed by atoms with Gasteiger partial charge in [-0.15, -0.1) is 22.9 Å². The monoisotopic (exact) mass is 259 g/mol. The fourth-order valence-corrected chi connectivity index (χ4v) is 2.58. The number of hydrogen-bond donors (Lipinski definition) is 0. The third-order valence-corrected chi connectivity index (χ3v) is 4.39. The Kier molecular flexibility index (Phi) is 4.81. The van der Waals surface area contributed by atoms with Crippen molar-refractivity contribution in [2.75, 3.05) is 12.9 Å². The molecule has 2 atom stereocenters. The van der Waals surface area contributed by atoms with Crippen LogP contribution in [0.1, 0.15) is 29.6 Å². The number of nitrogens with zero attached hydrogens (tertiary/aromatic N) is 1. The molecule has 0 spiro atoms. The number of hydrogen-bond acceptors (Lipinski definition) is 2. The van der Waals surface area contributed by atoms with E-state index in [2.05, 4.69) is 19.1 Å². The Labute approximate surface area is 106 Å². The molecule has 2 unspecified atom stereocenters. The molecule has 4 heteroatoms. The Morgan fingerprint density at radius 1 is 1.50 bits per heavy atom. The van der Waals surface area contributed by atoms with Gasteiger partial charge in [0.05, 0.1) is 6.04 Å². The zero-order valence-corrected chi connectivity index (χ0v) is 11.7. The van der Waals surface area contributed by atoms with Gasteiger partial charge in [0.15, 0.2) is 0 Å². The van der Waals surface area contributed by atoms with Crippen molar-refractivity contribution in [1.29, 1.82) is 0 Å². The molecule has 0 fully saturated rings. The number of aryl methyl sites for hydroxylation is 1. The van der Waals surface area contributed by atoms with E-state index in [0.29, 0.717) is 5.88 Å². The molecule has 0 aliphatic carbocycles. The summed E-state index contributed by atoms with van der Waals surface area (Å²) in [5.41, 5.74) is 0. The van der Waals surface area contributed by atoms with E-state index in [4.69, 9.17) is 11.6 Å². The predicted molar refractivity (Wildman–Crippen MR) is 70.1 cm³/mol. The topological polar surface area (TPSA) is 20.3 Å². The zero-order valence-electron chi connectivity index (χ0n) is 10.2. The van der Waals surface area contributed by atoms with Gasteiger partial charge < -0.3 is 4.90 Å². The highest BCUT2D eigenvalue weighted by Gasteiger charge is 2.22. The SMILES string of the molecule is Cc1ccc(C(C)N(C)C(=O)C(C)CCl)s1. The minimum absolute atomic E-state index is 0.105. The zero-order chi connectivity index (χ0) is 12.3. The smallest absolute Gasteiger partial charge is 0.226 e. The van der Waals surface area contributed by atoms with Crippen LogP contribution >= 0.6 is 22.9 Å². The average Bonchev–Trinajstić information content (AvgIpc) is 2.71. The highest BCUT2D eigenvalue weighted by molar-refractivity contribution is 7.12. The van der Waals surface area contributed by atoms with E-state index in [1.165, 1.54) is 9.75 Å². The second-order valence-corrected chi connectivity index (χ2v) is 5.76. The summed E-state index contributed by atoms with van der Waals surface area (Å²) >= 11 is 7.43. The van der Waals surface area contributed by atoms with Crippen molar-refractivity contribution in [1.82, 2.24) is 4.90 Å². The minimum atomic E-state index is -0.116. The van der Waals surface area contributed by atoms with Gasteiger partial charge in [-0.05, 0) is 26.0 Å². The van der Waals surface area contributed by atoms with Gasteiger partial charge in [-0.1, -0.05) is 6.92 Å². The normalized spacial score (nSPS) is 14.6. The van der Waals surface area contributed by atoms with Gasteiger partial charge in [0.1, 0.15) is 0 Å². The van der Waals surface area contributed by atoms with Gasteiger partial charge in [0.2, 0.25) is 5.91 Å². The quantitative estimate of drug-likeness (QED) is 0.759. The minimum Gasteiger partial charge on any atom is -0.338 e. The van der Waals surface area contributed by atoms with Crippen molar-refractivity contribution >= 4 is 28.8 Å². The summed E-state index contributed by atoms with van der Waals surface area (Å²) in [5, 5.41) is 0. The Morgan fingerprint density at radius 3 is 2.56 bits per heavy atom. The van der Waals surface area contributed by atoms with Crippen molar-refractivity contribution in [2.45, 2.75) is 26.8 Å².